The predicted molar refractivity (Wildman–Crippen MR) is 252 cm³/mol. The first-order valence-electron chi connectivity index (χ1n) is 21.9. The van der Waals surface area contributed by atoms with E-state index in [1.54, 1.807) is 64.2 Å². The minimum absolute atomic E-state index is 0.00855. The van der Waals surface area contributed by atoms with E-state index in [1.807, 2.05) is 25.1 Å². The normalized spacial score (nSPS) is 17.3. The van der Waals surface area contributed by atoms with Crippen LogP contribution in [-0.4, -0.2) is 120 Å². The summed E-state index contributed by atoms with van der Waals surface area (Å²) in [4.78, 5) is 76.3. The summed E-state index contributed by atoms with van der Waals surface area (Å²) in [5, 5.41) is 18.0. The fourth-order valence-corrected chi connectivity index (χ4v) is 9.72. The molecule has 16 heteroatoms. The number of Topliss-reactive ketones (excluding diaryl/α,β-unsaturated/α-hetero) is 2. The number of benzene rings is 1. The van der Waals surface area contributed by atoms with E-state index < -0.39 is 24.0 Å². The van der Waals surface area contributed by atoms with Crippen molar-refractivity contribution in [3.63, 3.8) is 0 Å². The first kappa shape index (κ1) is 52.9. The maximum atomic E-state index is 14.7. The number of aromatic hydroxyl groups is 1. The standard InChI is InChI=1S/C46H71N5O8S3/c1-10-20-58-29-51(45(56)37(31(5)11-2)26-41(53)39-14-12-13-19-50(39)8)40(30(3)4)24-33(7)44-49-38(28-61-44)43(55)48-35(25-34-15-17-36(52)18-16-34)23-32(6)42(54)27-47-46(57)59-21-22-62-60-9/h10,15-18,28,30-33,35,37,39-40,52H,1,11-14,19-27,29H2,2-9H3,(H,47,57)(H,48,55)/t31?,32-,33+,35+,37-,39+,40+/m0/s1. The summed E-state index contributed by atoms with van der Waals surface area (Å²) in [6, 6.07) is 5.83. The molecule has 3 amide bonds. The highest BCUT2D eigenvalue weighted by Crippen LogP contribution is 2.33. The monoisotopic (exact) mass is 917 g/mol. The topological polar surface area (TPSA) is 167 Å². The molecule has 346 valence electrons. The van der Waals surface area contributed by atoms with Gasteiger partial charge in [0.2, 0.25) is 5.91 Å². The molecule has 0 spiro atoms. The SMILES string of the molecule is C=CCOCN(C(=O)[C@@H](CC(=O)[C@H]1CCCCN1C)C(C)CC)[C@H](C[C@@H](C)c1nc(C(=O)N[C@@H](Cc2ccc(O)cc2)C[C@H](C)C(=O)CNC(=O)OCCSSC)cs1)C(C)C. The number of phenolic OH excluding ortho intramolecular Hbond substituents is 1. The average Bonchev–Trinajstić information content (AvgIpc) is 3.76. The van der Waals surface area contributed by atoms with Crippen LogP contribution in [0.1, 0.15) is 113 Å². The Balaban J connectivity index is 1.77. The molecule has 1 aliphatic rings. The van der Waals surface area contributed by atoms with Crippen LogP contribution in [0.15, 0.2) is 42.3 Å². The van der Waals surface area contributed by atoms with Gasteiger partial charge >= 0.3 is 6.09 Å². The Bertz CT molecular complexity index is 1730. The van der Waals surface area contributed by atoms with Gasteiger partial charge < -0.3 is 30.1 Å². The highest BCUT2D eigenvalue weighted by molar-refractivity contribution is 8.76. The summed E-state index contributed by atoms with van der Waals surface area (Å²) in [7, 11) is 5.15. The summed E-state index contributed by atoms with van der Waals surface area (Å²) in [6.45, 7) is 17.1. The van der Waals surface area contributed by atoms with Gasteiger partial charge in [0.1, 0.15) is 24.8 Å². The lowest BCUT2D eigenvalue weighted by atomic mass is 9.82. The Hall–Kier alpha value is -3.44. The number of hydrogen-bond acceptors (Lipinski definition) is 13. The summed E-state index contributed by atoms with van der Waals surface area (Å²) >= 11 is 1.38. The van der Waals surface area contributed by atoms with Crippen molar-refractivity contribution in [3.05, 3.63) is 58.6 Å². The van der Waals surface area contributed by atoms with Crippen molar-refractivity contribution in [1.82, 2.24) is 25.4 Å². The van der Waals surface area contributed by atoms with Crippen LogP contribution in [0.4, 0.5) is 4.79 Å². The second-order valence-electron chi connectivity index (χ2n) is 16.9. The van der Waals surface area contributed by atoms with Crippen LogP contribution in [0.3, 0.4) is 0 Å². The molecule has 1 aliphatic heterocycles. The second kappa shape index (κ2) is 27.7. The number of thiazole rings is 1. The van der Waals surface area contributed by atoms with Gasteiger partial charge in [-0.25, -0.2) is 9.78 Å². The van der Waals surface area contributed by atoms with Crippen LogP contribution in [-0.2, 0) is 30.3 Å². The molecule has 1 saturated heterocycles. The number of likely N-dealkylation sites (tertiary alicyclic amines) is 1. The Kier molecular flexibility index (Phi) is 23.6. The van der Waals surface area contributed by atoms with Gasteiger partial charge in [0.05, 0.1) is 24.2 Å². The molecule has 62 heavy (non-hydrogen) atoms. The lowest BCUT2D eigenvalue weighted by Gasteiger charge is -2.39. The van der Waals surface area contributed by atoms with Gasteiger partial charge in [-0.15, -0.1) is 17.9 Å². The first-order valence-corrected chi connectivity index (χ1v) is 25.6. The molecule has 1 aromatic heterocycles. The third-order valence-corrected chi connectivity index (χ3v) is 14.6. The molecule has 1 fully saturated rings. The van der Waals surface area contributed by atoms with E-state index in [2.05, 4.69) is 49.8 Å². The third kappa shape index (κ3) is 17.3. The number of carbonyl (C=O) groups excluding carboxylic acids is 5. The van der Waals surface area contributed by atoms with Gasteiger partial charge in [0, 0.05) is 47.4 Å². The summed E-state index contributed by atoms with van der Waals surface area (Å²) in [5.74, 6) is -0.851. The first-order chi connectivity index (χ1) is 29.6. The zero-order valence-electron chi connectivity index (χ0n) is 38.1. The smallest absolute Gasteiger partial charge is 0.407 e. The van der Waals surface area contributed by atoms with Crippen molar-refractivity contribution >= 4 is 62.4 Å². The summed E-state index contributed by atoms with van der Waals surface area (Å²) < 4.78 is 11.1. The average molecular weight is 918 g/mol. The fourth-order valence-electron chi connectivity index (χ4n) is 7.83. The molecule has 0 bridgehead atoms. The molecule has 1 unspecified atom stereocenters. The minimum atomic E-state index is -0.653. The van der Waals surface area contributed by atoms with E-state index in [4.69, 9.17) is 14.5 Å². The quantitative estimate of drug-likeness (QED) is 0.0325. The van der Waals surface area contributed by atoms with Gasteiger partial charge in [-0.2, -0.15) is 0 Å². The van der Waals surface area contributed by atoms with E-state index in [0.717, 1.165) is 42.8 Å². The maximum absolute atomic E-state index is 14.7. The van der Waals surface area contributed by atoms with Gasteiger partial charge in [-0.05, 0) is 81.5 Å². The lowest BCUT2D eigenvalue weighted by molar-refractivity contribution is -0.150. The second-order valence-corrected chi connectivity index (χ2v) is 20.5. The van der Waals surface area contributed by atoms with Crippen molar-refractivity contribution in [2.45, 2.75) is 117 Å². The van der Waals surface area contributed by atoms with E-state index in [-0.39, 0.29) is 97.6 Å². The van der Waals surface area contributed by atoms with Gasteiger partial charge in [-0.3, -0.25) is 24.1 Å². The van der Waals surface area contributed by atoms with Crippen molar-refractivity contribution in [1.29, 1.82) is 0 Å². The number of rotatable bonds is 28. The zero-order chi connectivity index (χ0) is 45.8. The van der Waals surface area contributed by atoms with Gasteiger partial charge in [0.15, 0.2) is 11.6 Å². The van der Waals surface area contributed by atoms with Crippen molar-refractivity contribution in [2.75, 3.05) is 52.1 Å². The number of ketones is 2. The number of alkyl carbamates (subject to hydrolysis) is 1. The third-order valence-electron chi connectivity index (χ3n) is 11.8. The van der Waals surface area contributed by atoms with E-state index in [0.29, 0.717) is 25.0 Å². The van der Waals surface area contributed by atoms with E-state index >= 15 is 0 Å². The number of likely N-dealkylation sites (N-methyl/N-ethyl adjacent to an activating group) is 1. The van der Waals surface area contributed by atoms with Crippen LogP contribution in [0, 0.1) is 23.7 Å². The number of nitrogens with zero attached hydrogens (tertiary/aromatic N) is 3. The number of ether oxygens (including phenoxy) is 2. The molecule has 0 radical (unpaired) electrons. The Morgan fingerprint density at radius 3 is 2.47 bits per heavy atom. The largest absolute Gasteiger partial charge is 0.508 e. The van der Waals surface area contributed by atoms with Crippen molar-refractivity contribution in [3.8, 4) is 5.75 Å². The highest BCUT2D eigenvalue weighted by Gasteiger charge is 2.38. The van der Waals surface area contributed by atoms with Gasteiger partial charge in [-0.1, -0.05) is 94.2 Å². The minimum Gasteiger partial charge on any atom is -0.508 e. The number of hydrogen-bond donors (Lipinski definition) is 3. The number of amides is 3. The number of piperidine rings is 1. The van der Waals surface area contributed by atoms with Crippen molar-refractivity contribution < 1.29 is 38.6 Å². The number of aromatic nitrogens is 1. The molecule has 1 aromatic carbocycles. The molecular weight excluding hydrogens is 847 g/mol. The molecule has 2 heterocycles. The molecule has 0 aliphatic carbocycles. The summed E-state index contributed by atoms with van der Waals surface area (Å²) in [6.07, 6.45) is 8.05. The molecule has 2 aromatic rings. The predicted octanol–water partition coefficient (Wildman–Crippen LogP) is 8.14. The van der Waals surface area contributed by atoms with Crippen LogP contribution >= 0.6 is 32.9 Å². The fraction of sp³-hybridized carbons (Fsp3) is 0.652. The number of carbonyl (C=O) groups is 5. The van der Waals surface area contributed by atoms with Crippen LogP contribution in [0.25, 0.3) is 0 Å². The molecule has 0 saturated carbocycles. The van der Waals surface area contributed by atoms with E-state index in [1.165, 1.54) is 11.3 Å². The van der Waals surface area contributed by atoms with Gasteiger partial charge in [0.25, 0.3) is 5.91 Å². The molecular formula is C46H71N5O8S3. The van der Waals surface area contributed by atoms with Crippen LogP contribution in [0.5, 0.6) is 5.75 Å². The Labute approximate surface area is 381 Å². The highest BCUT2D eigenvalue weighted by atomic mass is 33.1. The maximum Gasteiger partial charge on any atom is 0.407 e. The molecule has 3 N–H and O–H groups in total. The number of nitrogens with one attached hydrogen (secondary N) is 2. The number of phenols is 1. The lowest BCUT2D eigenvalue weighted by Crippen LogP contribution is -2.50. The molecule has 7 atom stereocenters. The van der Waals surface area contributed by atoms with Crippen LogP contribution in [0.2, 0.25) is 0 Å². The Morgan fingerprint density at radius 2 is 1.82 bits per heavy atom. The Morgan fingerprint density at radius 1 is 1.10 bits per heavy atom. The van der Waals surface area contributed by atoms with Crippen molar-refractivity contribution in [2.24, 2.45) is 23.7 Å². The summed E-state index contributed by atoms with van der Waals surface area (Å²) in [5.41, 5.74) is 1.12. The zero-order valence-corrected chi connectivity index (χ0v) is 40.5. The molecule has 3 rings (SSSR count). The molecule has 13 nitrogen and oxygen atoms in total. The van der Waals surface area contributed by atoms with Crippen LogP contribution < -0.4 is 10.6 Å². The van der Waals surface area contributed by atoms with E-state index in [9.17, 15) is 29.1 Å².